The van der Waals surface area contributed by atoms with E-state index < -0.39 is 0 Å². The molecule has 18 heavy (non-hydrogen) atoms. The standard InChI is InChI=1S/C14H19ClN2O/c15-12-5-3-4-11(8-12)9-17-13(18)14(10-16)6-1-2-7-14/h3-5,8H,1-2,6-7,9-10,16H2,(H,17,18). The summed E-state index contributed by atoms with van der Waals surface area (Å²) in [6.45, 7) is 0.954. The van der Waals surface area contributed by atoms with Crippen LogP contribution in [-0.2, 0) is 11.3 Å². The van der Waals surface area contributed by atoms with Gasteiger partial charge in [0.15, 0.2) is 0 Å². The normalized spacial score (nSPS) is 17.7. The quantitative estimate of drug-likeness (QED) is 0.880. The van der Waals surface area contributed by atoms with Crippen LogP contribution in [0.25, 0.3) is 0 Å². The van der Waals surface area contributed by atoms with E-state index in [1.165, 1.54) is 0 Å². The first-order valence-corrected chi connectivity index (χ1v) is 6.77. The van der Waals surface area contributed by atoms with Crippen molar-refractivity contribution in [2.75, 3.05) is 6.54 Å². The van der Waals surface area contributed by atoms with Crippen molar-refractivity contribution in [2.24, 2.45) is 11.1 Å². The monoisotopic (exact) mass is 266 g/mol. The fourth-order valence-corrected chi connectivity index (χ4v) is 2.81. The topological polar surface area (TPSA) is 55.1 Å². The van der Waals surface area contributed by atoms with E-state index in [9.17, 15) is 4.79 Å². The molecule has 3 N–H and O–H groups in total. The second-order valence-electron chi connectivity index (χ2n) is 5.00. The Morgan fingerprint density at radius 1 is 1.39 bits per heavy atom. The van der Waals surface area contributed by atoms with Gasteiger partial charge >= 0.3 is 0 Å². The molecule has 0 spiro atoms. The Morgan fingerprint density at radius 3 is 2.72 bits per heavy atom. The second kappa shape index (κ2) is 5.72. The van der Waals surface area contributed by atoms with Crippen LogP contribution in [0.3, 0.4) is 0 Å². The van der Waals surface area contributed by atoms with Gasteiger partial charge in [0.05, 0.1) is 5.41 Å². The van der Waals surface area contributed by atoms with E-state index in [1.807, 2.05) is 24.3 Å². The van der Waals surface area contributed by atoms with Crippen molar-refractivity contribution in [3.8, 4) is 0 Å². The zero-order valence-corrected chi connectivity index (χ0v) is 11.2. The molecule has 1 aliphatic carbocycles. The molecule has 0 atom stereocenters. The van der Waals surface area contributed by atoms with E-state index in [2.05, 4.69) is 5.32 Å². The molecule has 0 bridgehead atoms. The zero-order valence-electron chi connectivity index (χ0n) is 10.4. The molecule has 1 aromatic carbocycles. The van der Waals surface area contributed by atoms with Gasteiger partial charge in [0, 0.05) is 18.1 Å². The fourth-order valence-electron chi connectivity index (χ4n) is 2.59. The van der Waals surface area contributed by atoms with Crippen LogP contribution in [0.5, 0.6) is 0 Å². The first kappa shape index (κ1) is 13.4. The molecule has 3 nitrogen and oxygen atoms in total. The number of rotatable bonds is 4. The number of carbonyl (C=O) groups excluding carboxylic acids is 1. The van der Waals surface area contributed by atoms with Crippen molar-refractivity contribution in [2.45, 2.75) is 32.2 Å². The number of halogens is 1. The van der Waals surface area contributed by atoms with E-state index in [4.69, 9.17) is 17.3 Å². The number of amides is 1. The van der Waals surface area contributed by atoms with E-state index in [-0.39, 0.29) is 11.3 Å². The van der Waals surface area contributed by atoms with Gasteiger partial charge in [-0.15, -0.1) is 0 Å². The van der Waals surface area contributed by atoms with Gasteiger partial charge in [-0.1, -0.05) is 36.6 Å². The third kappa shape index (κ3) is 2.85. The Bertz CT molecular complexity index is 428. The molecule has 1 aliphatic rings. The van der Waals surface area contributed by atoms with Gasteiger partial charge in [0.1, 0.15) is 0 Å². The Hall–Kier alpha value is -1.06. The van der Waals surface area contributed by atoms with E-state index >= 15 is 0 Å². The SMILES string of the molecule is NCC1(C(=O)NCc2cccc(Cl)c2)CCCC1. The minimum absolute atomic E-state index is 0.0856. The summed E-state index contributed by atoms with van der Waals surface area (Å²) in [6.07, 6.45) is 4.01. The minimum atomic E-state index is -0.335. The van der Waals surface area contributed by atoms with Crippen LogP contribution in [0.2, 0.25) is 5.02 Å². The molecule has 0 unspecified atom stereocenters. The van der Waals surface area contributed by atoms with Crippen molar-refractivity contribution in [3.05, 3.63) is 34.9 Å². The summed E-state index contributed by atoms with van der Waals surface area (Å²) in [7, 11) is 0. The van der Waals surface area contributed by atoms with Crippen LogP contribution in [0.15, 0.2) is 24.3 Å². The summed E-state index contributed by atoms with van der Waals surface area (Å²) in [4.78, 5) is 12.2. The molecule has 0 aliphatic heterocycles. The Labute approximate surface area is 113 Å². The van der Waals surface area contributed by atoms with E-state index in [0.29, 0.717) is 18.1 Å². The molecule has 98 valence electrons. The highest BCUT2D eigenvalue weighted by Gasteiger charge is 2.39. The summed E-state index contributed by atoms with van der Waals surface area (Å²) in [5, 5.41) is 3.67. The van der Waals surface area contributed by atoms with Gasteiger partial charge < -0.3 is 11.1 Å². The molecule has 1 saturated carbocycles. The van der Waals surface area contributed by atoms with Crippen LogP contribution in [0.1, 0.15) is 31.2 Å². The molecule has 4 heteroatoms. The largest absolute Gasteiger partial charge is 0.352 e. The average molecular weight is 267 g/mol. The van der Waals surface area contributed by atoms with Crippen molar-refractivity contribution < 1.29 is 4.79 Å². The molecule has 0 radical (unpaired) electrons. The number of hydrogen-bond donors (Lipinski definition) is 2. The highest BCUT2D eigenvalue weighted by Crippen LogP contribution is 2.37. The lowest BCUT2D eigenvalue weighted by atomic mass is 9.85. The zero-order chi connectivity index (χ0) is 13.0. The summed E-state index contributed by atoms with van der Waals surface area (Å²) < 4.78 is 0. The van der Waals surface area contributed by atoms with Crippen molar-refractivity contribution in [3.63, 3.8) is 0 Å². The van der Waals surface area contributed by atoms with Gasteiger partial charge in [0.2, 0.25) is 5.91 Å². The van der Waals surface area contributed by atoms with Crippen LogP contribution >= 0.6 is 11.6 Å². The molecule has 1 fully saturated rings. The molecule has 0 saturated heterocycles. The van der Waals surface area contributed by atoms with Gasteiger partial charge in [-0.2, -0.15) is 0 Å². The second-order valence-corrected chi connectivity index (χ2v) is 5.44. The Balaban J connectivity index is 1.95. The van der Waals surface area contributed by atoms with Gasteiger partial charge in [-0.25, -0.2) is 0 Å². The lowest BCUT2D eigenvalue weighted by molar-refractivity contribution is -0.130. The maximum Gasteiger partial charge on any atom is 0.227 e. The van der Waals surface area contributed by atoms with Crippen LogP contribution in [-0.4, -0.2) is 12.5 Å². The van der Waals surface area contributed by atoms with Gasteiger partial charge in [-0.3, -0.25) is 4.79 Å². The molecule has 0 aromatic heterocycles. The lowest BCUT2D eigenvalue weighted by Crippen LogP contribution is -2.43. The first-order valence-electron chi connectivity index (χ1n) is 6.39. The molecule has 0 heterocycles. The maximum atomic E-state index is 12.2. The van der Waals surface area contributed by atoms with E-state index in [0.717, 1.165) is 31.2 Å². The lowest BCUT2D eigenvalue weighted by Gasteiger charge is -2.25. The van der Waals surface area contributed by atoms with Crippen molar-refractivity contribution >= 4 is 17.5 Å². The van der Waals surface area contributed by atoms with E-state index in [1.54, 1.807) is 0 Å². The third-order valence-electron chi connectivity index (χ3n) is 3.78. The predicted octanol–water partition coefficient (Wildman–Crippen LogP) is 2.48. The van der Waals surface area contributed by atoms with Crippen molar-refractivity contribution in [1.29, 1.82) is 0 Å². The summed E-state index contributed by atoms with van der Waals surface area (Å²) in [5.41, 5.74) is 6.46. The molecular weight excluding hydrogens is 248 g/mol. The fraction of sp³-hybridized carbons (Fsp3) is 0.500. The minimum Gasteiger partial charge on any atom is -0.352 e. The third-order valence-corrected chi connectivity index (χ3v) is 4.01. The van der Waals surface area contributed by atoms with Crippen LogP contribution in [0.4, 0.5) is 0 Å². The number of benzene rings is 1. The highest BCUT2D eigenvalue weighted by molar-refractivity contribution is 6.30. The number of hydrogen-bond acceptors (Lipinski definition) is 2. The summed E-state index contributed by atoms with van der Waals surface area (Å²) in [6, 6.07) is 7.53. The number of carbonyl (C=O) groups is 1. The number of nitrogens with two attached hydrogens (primary N) is 1. The Kier molecular flexibility index (Phi) is 4.25. The molecular formula is C14H19ClN2O. The highest BCUT2D eigenvalue weighted by atomic mass is 35.5. The average Bonchev–Trinajstić information content (AvgIpc) is 2.86. The van der Waals surface area contributed by atoms with Gasteiger partial charge in [-0.05, 0) is 30.5 Å². The smallest absolute Gasteiger partial charge is 0.227 e. The van der Waals surface area contributed by atoms with Gasteiger partial charge in [0.25, 0.3) is 0 Å². The predicted molar refractivity (Wildman–Crippen MR) is 73.3 cm³/mol. The summed E-state index contributed by atoms with van der Waals surface area (Å²) >= 11 is 5.91. The maximum absolute atomic E-state index is 12.2. The Morgan fingerprint density at radius 2 is 2.11 bits per heavy atom. The van der Waals surface area contributed by atoms with Crippen LogP contribution in [0, 0.1) is 5.41 Å². The molecule has 1 aromatic rings. The molecule has 2 rings (SSSR count). The van der Waals surface area contributed by atoms with Crippen molar-refractivity contribution in [1.82, 2.24) is 5.32 Å². The van der Waals surface area contributed by atoms with Crippen LogP contribution < -0.4 is 11.1 Å². The molecule has 1 amide bonds. The number of nitrogens with one attached hydrogen (secondary N) is 1. The summed E-state index contributed by atoms with van der Waals surface area (Å²) in [5.74, 6) is 0.0856. The first-order chi connectivity index (χ1) is 8.66.